The Morgan fingerprint density at radius 2 is 1.89 bits per heavy atom. The van der Waals surface area contributed by atoms with Crippen LogP contribution in [-0.4, -0.2) is 65.7 Å². The molecule has 0 aliphatic heterocycles. The topological polar surface area (TPSA) is 43.9 Å². The molecule has 210 valence electrons. The van der Waals surface area contributed by atoms with Gasteiger partial charge in [0.2, 0.25) is 0 Å². The standard InChI is InChI=1S/C32H56N4O/c1-12-16-18-29-28(26(7)34-30(29)19-17-13-2)20-21-31(37-11)35(15-4)24-23-32(9,22-14-3)36(25(5)6)27(8)33-10/h12-13,16,19,25,31,34H,14-15,18,20-24H2,1-11H3/b16-12-,33-27?. The van der Waals surface area contributed by atoms with Crippen LogP contribution in [0.1, 0.15) is 104 Å². The molecule has 1 N–H and O–H groups in total. The van der Waals surface area contributed by atoms with Crippen LogP contribution in [0.3, 0.4) is 0 Å². The summed E-state index contributed by atoms with van der Waals surface area (Å²) in [6.45, 7) is 21.9. The lowest BCUT2D eigenvalue weighted by molar-refractivity contribution is -0.0415. The summed E-state index contributed by atoms with van der Waals surface area (Å²) >= 11 is 0. The number of hydrogen-bond donors (Lipinski definition) is 1. The molecule has 0 aromatic carbocycles. The third kappa shape index (κ3) is 9.32. The number of methoxy groups -OCH3 is 1. The van der Waals surface area contributed by atoms with Gasteiger partial charge < -0.3 is 14.6 Å². The molecule has 1 aromatic rings. The molecule has 0 saturated heterocycles. The number of H-pyrrole nitrogens is 1. The van der Waals surface area contributed by atoms with E-state index in [1.165, 1.54) is 22.5 Å². The molecular formula is C32H56N4O. The minimum Gasteiger partial charge on any atom is -0.366 e. The Balaban J connectivity index is 3.13. The van der Waals surface area contributed by atoms with Gasteiger partial charge in [-0.1, -0.05) is 32.4 Å². The van der Waals surface area contributed by atoms with Crippen LogP contribution in [0.25, 0.3) is 6.08 Å². The van der Waals surface area contributed by atoms with Gasteiger partial charge in [0.25, 0.3) is 0 Å². The zero-order valence-electron chi connectivity index (χ0n) is 25.9. The number of ether oxygens (including phenoxy) is 1. The molecule has 37 heavy (non-hydrogen) atoms. The lowest BCUT2D eigenvalue weighted by atomic mass is 9.88. The van der Waals surface area contributed by atoms with Crippen molar-refractivity contribution >= 4 is 11.9 Å². The number of amidine groups is 1. The summed E-state index contributed by atoms with van der Waals surface area (Å²) in [4.78, 5) is 13.2. The molecule has 0 bridgehead atoms. The number of aliphatic imine (C=N–C) groups is 1. The number of rotatable bonds is 16. The van der Waals surface area contributed by atoms with Crippen LogP contribution >= 0.6 is 0 Å². The summed E-state index contributed by atoms with van der Waals surface area (Å²) in [6.07, 6.45) is 14.7. The first-order chi connectivity index (χ1) is 17.6. The van der Waals surface area contributed by atoms with Crippen LogP contribution in [0.4, 0.5) is 0 Å². The number of aromatic amines is 1. The molecule has 0 saturated carbocycles. The van der Waals surface area contributed by atoms with Gasteiger partial charge in [-0.05, 0) is 104 Å². The van der Waals surface area contributed by atoms with Crippen molar-refractivity contribution in [1.29, 1.82) is 0 Å². The molecule has 5 nitrogen and oxygen atoms in total. The second-order valence-corrected chi connectivity index (χ2v) is 10.6. The van der Waals surface area contributed by atoms with E-state index in [1.807, 2.05) is 27.2 Å². The quantitative estimate of drug-likeness (QED) is 0.0817. The van der Waals surface area contributed by atoms with E-state index in [2.05, 4.69) is 99.1 Å². The molecule has 1 rings (SSSR count). The highest BCUT2D eigenvalue weighted by atomic mass is 16.5. The van der Waals surface area contributed by atoms with Crippen LogP contribution in [0, 0.1) is 6.92 Å². The van der Waals surface area contributed by atoms with Gasteiger partial charge in [-0.15, -0.1) is 5.73 Å². The maximum atomic E-state index is 6.10. The normalized spacial score (nSPS) is 14.8. The van der Waals surface area contributed by atoms with Crippen molar-refractivity contribution < 1.29 is 4.74 Å². The molecule has 0 fully saturated rings. The molecule has 0 aliphatic rings. The molecule has 1 aromatic heterocycles. The van der Waals surface area contributed by atoms with E-state index in [9.17, 15) is 0 Å². The largest absolute Gasteiger partial charge is 0.366 e. The van der Waals surface area contributed by atoms with Crippen molar-refractivity contribution in [2.24, 2.45) is 4.99 Å². The van der Waals surface area contributed by atoms with Gasteiger partial charge in [-0.3, -0.25) is 9.89 Å². The third-order valence-electron chi connectivity index (χ3n) is 7.64. The predicted octanol–water partition coefficient (Wildman–Crippen LogP) is 7.56. The Hall–Kier alpha value is -2.07. The summed E-state index contributed by atoms with van der Waals surface area (Å²) in [7, 11) is 3.77. The molecule has 2 atom stereocenters. The van der Waals surface area contributed by atoms with Crippen LogP contribution < -0.4 is 0 Å². The van der Waals surface area contributed by atoms with E-state index in [-0.39, 0.29) is 11.8 Å². The van der Waals surface area contributed by atoms with Gasteiger partial charge in [0, 0.05) is 49.7 Å². The average Bonchev–Trinajstić information content (AvgIpc) is 3.16. The van der Waals surface area contributed by atoms with E-state index in [4.69, 9.17) is 4.74 Å². The fourth-order valence-electron chi connectivity index (χ4n) is 5.85. The fraction of sp³-hybridized carbons (Fsp3) is 0.688. The molecule has 0 amide bonds. The SMILES string of the molecule is CC=C=Cc1[nH]c(C)c(CCC(OC)N(CC)CCC(C)(CCC)N(C(C)=NC)C(C)C)c1C/C=C\C. The van der Waals surface area contributed by atoms with Gasteiger partial charge >= 0.3 is 0 Å². The molecule has 0 radical (unpaired) electrons. The first-order valence-electron chi connectivity index (χ1n) is 14.3. The molecular weight excluding hydrogens is 456 g/mol. The first kappa shape index (κ1) is 33.0. The van der Waals surface area contributed by atoms with Gasteiger partial charge in [-0.2, -0.15) is 0 Å². The first-order valence-corrected chi connectivity index (χ1v) is 14.3. The Kier molecular flexibility index (Phi) is 14.9. The summed E-state index contributed by atoms with van der Waals surface area (Å²) in [6, 6.07) is 0.409. The Morgan fingerprint density at radius 3 is 2.41 bits per heavy atom. The van der Waals surface area contributed by atoms with Gasteiger partial charge in [0.15, 0.2) is 0 Å². The van der Waals surface area contributed by atoms with E-state index >= 15 is 0 Å². The third-order valence-corrected chi connectivity index (χ3v) is 7.64. The van der Waals surface area contributed by atoms with Crippen LogP contribution in [0.15, 0.2) is 29.0 Å². The van der Waals surface area contributed by atoms with Gasteiger partial charge in [0.05, 0.1) is 5.84 Å². The number of nitrogens with zero attached hydrogens (tertiary/aromatic N) is 3. The summed E-state index contributed by atoms with van der Waals surface area (Å²) < 4.78 is 6.10. The number of allylic oxidation sites excluding steroid dienone is 3. The number of aromatic nitrogens is 1. The van der Waals surface area contributed by atoms with Crippen molar-refractivity contribution in [3.8, 4) is 0 Å². The summed E-state index contributed by atoms with van der Waals surface area (Å²) in [5.74, 6) is 1.12. The van der Waals surface area contributed by atoms with E-state index in [0.717, 1.165) is 57.5 Å². The Labute approximate surface area is 228 Å². The lowest BCUT2D eigenvalue weighted by Gasteiger charge is -2.47. The lowest BCUT2D eigenvalue weighted by Crippen LogP contribution is -2.54. The van der Waals surface area contributed by atoms with E-state index in [1.54, 1.807) is 0 Å². The summed E-state index contributed by atoms with van der Waals surface area (Å²) in [5, 5.41) is 0. The van der Waals surface area contributed by atoms with Crippen molar-refractivity contribution in [3.63, 3.8) is 0 Å². The van der Waals surface area contributed by atoms with E-state index < -0.39 is 0 Å². The smallest absolute Gasteiger partial charge is 0.110 e. The minimum atomic E-state index is 0.0587. The van der Waals surface area contributed by atoms with Gasteiger partial charge in [0.1, 0.15) is 6.23 Å². The van der Waals surface area contributed by atoms with Crippen LogP contribution in [-0.2, 0) is 17.6 Å². The maximum absolute atomic E-state index is 6.10. The predicted molar refractivity (Wildman–Crippen MR) is 163 cm³/mol. The van der Waals surface area contributed by atoms with E-state index in [0.29, 0.717) is 6.04 Å². The highest BCUT2D eigenvalue weighted by Crippen LogP contribution is 2.30. The van der Waals surface area contributed by atoms with Crippen molar-refractivity contribution in [2.45, 2.75) is 119 Å². The van der Waals surface area contributed by atoms with Gasteiger partial charge in [-0.25, -0.2) is 0 Å². The molecule has 0 spiro atoms. The zero-order chi connectivity index (χ0) is 28.0. The minimum absolute atomic E-state index is 0.0587. The van der Waals surface area contributed by atoms with Crippen molar-refractivity contribution in [2.75, 3.05) is 27.2 Å². The molecule has 0 aliphatic carbocycles. The number of nitrogens with one attached hydrogen (secondary N) is 1. The molecule has 2 unspecified atom stereocenters. The Morgan fingerprint density at radius 1 is 1.19 bits per heavy atom. The summed E-state index contributed by atoms with van der Waals surface area (Å²) in [5.41, 5.74) is 8.51. The Bertz CT molecular complexity index is 919. The van der Waals surface area contributed by atoms with Crippen LogP contribution in [0.5, 0.6) is 0 Å². The maximum Gasteiger partial charge on any atom is 0.110 e. The van der Waals surface area contributed by atoms with Crippen LogP contribution in [0.2, 0.25) is 0 Å². The zero-order valence-corrected chi connectivity index (χ0v) is 25.9. The second kappa shape index (κ2) is 16.7. The van der Waals surface area contributed by atoms with Crippen molar-refractivity contribution in [3.05, 3.63) is 46.5 Å². The highest BCUT2D eigenvalue weighted by molar-refractivity contribution is 5.80. The van der Waals surface area contributed by atoms with Crippen molar-refractivity contribution in [1.82, 2.24) is 14.8 Å². The molecule has 5 heteroatoms. The average molecular weight is 513 g/mol. The highest BCUT2D eigenvalue weighted by Gasteiger charge is 2.34. The molecule has 1 heterocycles. The second-order valence-electron chi connectivity index (χ2n) is 10.6. The number of aryl methyl sites for hydroxylation is 1. The number of hydrogen-bond acceptors (Lipinski definition) is 3. The monoisotopic (exact) mass is 512 g/mol. The fourth-order valence-corrected chi connectivity index (χ4v) is 5.85.